The molecule has 0 aliphatic carbocycles. The Kier molecular flexibility index (Phi) is 28.6. The number of hydrogen-bond donors (Lipinski definition) is 0. The van der Waals surface area contributed by atoms with Crippen molar-refractivity contribution in [3.05, 3.63) is 60.7 Å². The van der Waals surface area contributed by atoms with E-state index in [0.717, 1.165) is 0 Å². The van der Waals surface area contributed by atoms with E-state index < -0.39 is 14.5 Å². The summed E-state index contributed by atoms with van der Waals surface area (Å²) in [5.41, 5.74) is 0. The maximum atomic E-state index is 9.75. The van der Waals surface area contributed by atoms with Gasteiger partial charge in [-0.25, -0.2) is 0 Å². The minimum atomic E-state index is -6.00. The maximum Gasteiger partial charge on any atom is 2.00 e. The molecule has 2 aromatic rings. The summed E-state index contributed by atoms with van der Waals surface area (Å²) >= 11 is 1.94. The summed E-state index contributed by atoms with van der Waals surface area (Å²) in [7, 11) is -12.2. The molecule has 0 radical (unpaired) electrons. The van der Waals surface area contributed by atoms with Gasteiger partial charge in [0.25, 0.3) is 0 Å². The Bertz CT molecular complexity index is 714. The molecule has 15 heteroatoms. The second kappa shape index (κ2) is 24.6. The molecule has 0 fully saturated rings. The third-order valence-electron chi connectivity index (χ3n) is 2.65. The summed E-state index contributed by atoms with van der Waals surface area (Å²) in [6, 6.07) is 25.3. The Hall–Kier alpha value is -1.57. The van der Waals surface area contributed by atoms with Crippen LogP contribution in [0.5, 0.6) is 0 Å². The number of thioether (sulfide) groups is 1. The first-order valence-electron chi connectivity index (χ1n) is 8.97. The van der Waals surface area contributed by atoms with Gasteiger partial charge >= 0.3 is 34.9 Å². The normalized spacial score (nSPS) is 9.35. The fourth-order valence-corrected chi connectivity index (χ4v) is 5.14. The first kappa shape index (κ1) is 39.6. The second-order valence-corrected chi connectivity index (χ2v) is 8.57. The van der Waals surface area contributed by atoms with Crippen molar-refractivity contribution in [1.29, 1.82) is 10.5 Å². The van der Waals surface area contributed by atoms with Crippen LogP contribution in [0, 0.1) is 22.7 Å². The van der Waals surface area contributed by atoms with Gasteiger partial charge < -0.3 is 34.5 Å². The molecule has 0 aliphatic heterocycles. The van der Waals surface area contributed by atoms with Crippen molar-refractivity contribution in [3.63, 3.8) is 0 Å². The smallest absolute Gasteiger partial charge is 0.418 e. The van der Waals surface area contributed by atoms with Crippen molar-refractivity contribution in [1.82, 2.24) is 0 Å². The first-order chi connectivity index (χ1) is 15.2. The molecule has 0 amide bonds. The van der Waals surface area contributed by atoms with Crippen molar-refractivity contribution in [2.75, 3.05) is 18.2 Å². The molecule has 0 heterocycles. The van der Waals surface area contributed by atoms with Crippen molar-refractivity contribution in [2.45, 2.75) is 13.8 Å². The zero-order valence-electron chi connectivity index (χ0n) is 18.4. The average Bonchev–Trinajstić information content (AvgIpc) is 2.69. The van der Waals surface area contributed by atoms with E-state index >= 15 is 0 Å². The van der Waals surface area contributed by atoms with Crippen LogP contribution in [0.4, 0.5) is 34.5 Å². The van der Waals surface area contributed by atoms with Gasteiger partial charge in [-0.05, 0) is 36.7 Å². The van der Waals surface area contributed by atoms with Gasteiger partial charge in [-0.1, -0.05) is 60.7 Å². The van der Waals surface area contributed by atoms with Crippen molar-refractivity contribution in [2.24, 2.45) is 0 Å². The molecular weight excluding hydrogens is 599 g/mol. The predicted molar refractivity (Wildman–Crippen MR) is 125 cm³/mol. The molecule has 0 aliphatic rings. The van der Waals surface area contributed by atoms with E-state index in [4.69, 9.17) is 10.5 Å². The maximum absolute atomic E-state index is 9.75. The summed E-state index contributed by atoms with van der Waals surface area (Å²) in [6.07, 6.45) is 3.45. The van der Waals surface area contributed by atoms with E-state index in [1.165, 1.54) is 36.4 Å². The van der Waals surface area contributed by atoms with Crippen LogP contribution in [-0.2, 0) is 20.4 Å². The minimum Gasteiger partial charge on any atom is -0.418 e. The van der Waals surface area contributed by atoms with Crippen LogP contribution in [0.2, 0.25) is 0 Å². The molecule has 0 spiro atoms. The second-order valence-electron chi connectivity index (χ2n) is 5.25. The molecule has 0 aromatic heterocycles. The standard InChI is InChI=1S/C15H17PS.2C2H3N.2BF4.Pd/c1-17-13-12-16(14-8-4-2-5-9-14)15-10-6-3-7-11-15;2*1-2-3;2*2-1(3,4)5;/h2-11H,12-13H2,1H3;2*1H3;;;/q;;;2*-1;+2. The van der Waals surface area contributed by atoms with Crippen molar-refractivity contribution >= 4 is 44.8 Å². The van der Waals surface area contributed by atoms with Crippen LogP contribution < -0.4 is 10.6 Å². The molecular formula is C19H23B2F8N2PPdS. The van der Waals surface area contributed by atoms with Crippen LogP contribution >= 0.6 is 19.7 Å². The summed E-state index contributed by atoms with van der Waals surface area (Å²) < 4.78 is 78.0. The first-order valence-corrected chi connectivity index (χ1v) is 11.9. The number of halogens is 8. The Morgan fingerprint density at radius 2 is 0.941 bits per heavy atom. The largest absolute Gasteiger partial charge is 2.00 e. The van der Waals surface area contributed by atoms with E-state index in [9.17, 15) is 34.5 Å². The van der Waals surface area contributed by atoms with Gasteiger partial charge in [0.2, 0.25) is 0 Å². The van der Waals surface area contributed by atoms with E-state index in [0.29, 0.717) is 0 Å². The molecule has 0 bridgehead atoms. The zero-order chi connectivity index (χ0) is 26.3. The zero-order valence-corrected chi connectivity index (χ0v) is 21.7. The average molecular weight is 622 g/mol. The van der Waals surface area contributed by atoms with Crippen LogP contribution in [0.25, 0.3) is 0 Å². The SMILES string of the molecule is CC#N.CC#N.CSCCP(c1ccccc1)c1ccccc1.F[B-](F)(F)F.F[B-](F)(F)F.[Pd+2]. The monoisotopic (exact) mass is 622 g/mol. The van der Waals surface area contributed by atoms with Gasteiger partial charge in [0, 0.05) is 13.8 Å². The molecule has 0 atom stereocenters. The Balaban J connectivity index is -0.000000220. The number of nitriles is 2. The minimum absolute atomic E-state index is 0. The summed E-state index contributed by atoms with van der Waals surface area (Å²) in [5.74, 6) is 1.23. The third-order valence-corrected chi connectivity index (χ3v) is 6.08. The van der Waals surface area contributed by atoms with Crippen molar-refractivity contribution < 1.29 is 54.9 Å². The van der Waals surface area contributed by atoms with Crippen LogP contribution in [0.1, 0.15) is 13.8 Å². The molecule has 0 saturated heterocycles. The van der Waals surface area contributed by atoms with Gasteiger partial charge in [-0.3, -0.25) is 0 Å². The molecule has 192 valence electrons. The molecule has 0 N–H and O–H groups in total. The summed E-state index contributed by atoms with van der Waals surface area (Å²) in [6.45, 7) is 2.86. The Labute approximate surface area is 214 Å². The number of nitrogens with zero attached hydrogens (tertiary/aromatic N) is 2. The van der Waals surface area contributed by atoms with Crippen LogP contribution in [-0.4, -0.2) is 32.7 Å². The van der Waals surface area contributed by atoms with Gasteiger partial charge in [0.1, 0.15) is 0 Å². The van der Waals surface area contributed by atoms with E-state index in [2.05, 4.69) is 66.9 Å². The number of benzene rings is 2. The quantitative estimate of drug-likeness (QED) is 0.203. The van der Waals surface area contributed by atoms with E-state index in [1.807, 2.05) is 11.8 Å². The Morgan fingerprint density at radius 3 is 1.15 bits per heavy atom. The van der Waals surface area contributed by atoms with Gasteiger partial charge in [-0.2, -0.15) is 22.3 Å². The van der Waals surface area contributed by atoms with Gasteiger partial charge in [0.05, 0.1) is 12.1 Å². The third kappa shape index (κ3) is 37.7. The van der Waals surface area contributed by atoms with E-state index in [1.54, 1.807) is 12.1 Å². The summed E-state index contributed by atoms with van der Waals surface area (Å²) in [4.78, 5) is 0. The Morgan fingerprint density at radius 1 is 0.706 bits per heavy atom. The van der Waals surface area contributed by atoms with E-state index in [-0.39, 0.29) is 28.3 Å². The van der Waals surface area contributed by atoms with Gasteiger partial charge in [0.15, 0.2) is 0 Å². The topological polar surface area (TPSA) is 47.6 Å². The number of rotatable bonds is 5. The molecule has 34 heavy (non-hydrogen) atoms. The van der Waals surface area contributed by atoms with Gasteiger partial charge in [-0.15, -0.1) is 0 Å². The van der Waals surface area contributed by atoms with Crippen molar-refractivity contribution in [3.8, 4) is 12.1 Å². The molecule has 2 rings (SSSR count). The fourth-order valence-electron chi connectivity index (χ4n) is 1.81. The molecule has 0 saturated carbocycles. The molecule has 0 unspecified atom stereocenters. The number of hydrogen-bond acceptors (Lipinski definition) is 3. The predicted octanol–water partition coefficient (Wildman–Crippen LogP) is 7.14. The van der Waals surface area contributed by atoms with Crippen LogP contribution in [0.15, 0.2) is 60.7 Å². The molecule has 2 nitrogen and oxygen atoms in total. The summed E-state index contributed by atoms with van der Waals surface area (Å²) in [5, 5.41) is 17.6. The van der Waals surface area contributed by atoms with Crippen LogP contribution in [0.3, 0.4) is 0 Å². The fraction of sp³-hybridized carbons (Fsp3) is 0.263. The molecule has 2 aromatic carbocycles.